The second-order valence-electron chi connectivity index (χ2n) is 4.90. The number of isocyanates is 2. The molecule has 0 aliphatic heterocycles. The molecule has 9 heteroatoms. The fourth-order valence-corrected chi connectivity index (χ4v) is 3.82. The highest BCUT2D eigenvalue weighted by atomic mass is 32.2. The molecule has 0 saturated carbocycles. The van der Waals surface area contributed by atoms with Crippen molar-refractivity contribution in [2.75, 3.05) is 14.2 Å². The van der Waals surface area contributed by atoms with Crippen LogP contribution in [0.5, 0.6) is 0 Å². The van der Waals surface area contributed by atoms with Crippen molar-refractivity contribution in [1.82, 2.24) is 0 Å². The third-order valence-corrected chi connectivity index (χ3v) is 5.49. The van der Waals surface area contributed by atoms with E-state index in [4.69, 9.17) is 9.47 Å². The summed E-state index contributed by atoms with van der Waals surface area (Å²) in [6.45, 7) is 0. The van der Waals surface area contributed by atoms with Gasteiger partial charge in [-0.25, -0.2) is 18.0 Å². The van der Waals surface area contributed by atoms with Gasteiger partial charge in [0.15, 0.2) is 0 Å². The van der Waals surface area contributed by atoms with Gasteiger partial charge >= 0.3 is 0 Å². The van der Waals surface area contributed by atoms with Crippen LogP contribution in [0.2, 0.25) is 0 Å². The molecule has 0 unspecified atom stereocenters. The Morgan fingerprint density at radius 1 is 1.00 bits per heavy atom. The Bertz CT molecular complexity index is 885. The lowest BCUT2D eigenvalue weighted by molar-refractivity contribution is -0.200. The Morgan fingerprint density at radius 2 is 1.56 bits per heavy atom. The summed E-state index contributed by atoms with van der Waals surface area (Å²) >= 11 is 0. The number of sulfone groups is 1. The van der Waals surface area contributed by atoms with E-state index >= 15 is 0 Å². The second-order valence-corrected chi connectivity index (χ2v) is 6.85. The van der Waals surface area contributed by atoms with E-state index in [0.29, 0.717) is 0 Å². The number of aliphatic imine (C=N–C) groups is 2. The molecule has 1 aliphatic rings. The quantitative estimate of drug-likeness (QED) is 0.428. The first kappa shape index (κ1) is 18.7. The van der Waals surface area contributed by atoms with Crippen LogP contribution in [0.1, 0.15) is 0 Å². The van der Waals surface area contributed by atoms with Crippen LogP contribution in [0, 0.1) is 0 Å². The summed E-state index contributed by atoms with van der Waals surface area (Å²) < 4.78 is 36.0. The van der Waals surface area contributed by atoms with Gasteiger partial charge in [-0.1, -0.05) is 18.2 Å². The topological polar surface area (TPSA) is 111 Å². The Labute approximate surface area is 144 Å². The van der Waals surface area contributed by atoms with Crippen LogP contribution in [-0.2, 0) is 28.9 Å². The molecular weight excluding hydrogens is 348 g/mol. The lowest BCUT2D eigenvalue weighted by atomic mass is 9.94. The molecule has 0 atom stereocenters. The predicted octanol–water partition coefficient (Wildman–Crippen LogP) is 1.27. The summed E-state index contributed by atoms with van der Waals surface area (Å²) in [7, 11) is -1.49. The lowest BCUT2D eigenvalue weighted by Gasteiger charge is -2.39. The summed E-state index contributed by atoms with van der Waals surface area (Å²) in [5.41, 5.74) is -2.12. The first-order valence-corrected chi connectivity index (χ1v) is 8.40. The highest BCUT2D eigenvalue weighted by molar-refractivity contribution is 7.95. The largest absolute Gasteiger partial charge is 0.346 e. The molecule has 0 aromatic heterocycles. The molecule has 1 aliphatic carbocycles. The maximum absolute atomic E-state index is 12.8. The molecule has 2 rings (SSSR count). The molecular formula is C16H14N2O6S. The van der Waals surface area contributed by atoms with Crippen molar-refractivity contribution in [1.29, 1.82) is 0 Å². The van der Waals surface area contributed by atoms with Crippen LogP contribution < -0.4 is 0 Å². The number of hydrogen-bond donors (Lipinski definition) is 0. The van der Waals surface area contributed by atoms with Gasteiger partial charge in [0.1, 0.15) is 0 Å². The van der Waals surface area contributed by atoms with E-state index in [0.717, 1.165) is 6.08 Å². The Balaban J connectivity index is 2.75. The van der Waals surface area contributed by atoms with Crippen LogP contribution in [0.25, 0.3) is 0 Å². The molecule has 130 valence electrons. The number of ether oxygens (including phenoxy) is 2. The van der Waals surface area contributed by atoms with Crippen LogP contribution in [0.4, 0.5) is 0 Å². The number of carbonyl (C=O) groups excluding carboxylic acids is 2. The van der Waals surface area contributed by atoms with Crippen LogP contribution in [0.3, 0.4) is 0 Å². The van der Waals surface area contributed by atoms with E-state index in [9.17, 15) is 18.0 Å². The average molecular weight is 362 g/mol. The molecule has 8 nitrogen and oxygen atoms in total. The predicted molar refractivity (Wildman–Crippen MR) is 86.6 cm³/mol. The Kier molecular flexibility index (Phi) is 5.27. The number of nitrogens with zero attached hydrogens (tertiary/aromatic N) is 2. The van der Waals surface area contributed by atoms with E-state index in [-0.39, 0.29) is 9.80 Å². The zero-order chi connectivity index (χ0) is 18.6. The van der Waals surface area contributed by atoms with Crippen molar-refractivity contribution in [2.45, 2.75) is 16.3 Å². The molecule has 1 aromatic carbocycles. The van der Waals surface area contributed by atoms with Gasteiger partial charge in [0.2, 0.25) is 27.8 Å². The average Bonchev–Trinajstić information content (AvgIpc) is 2.63. The Hall–Kier alpha value is -2.67. The van der Waals surface area contributed by atoms with Crippen molar-refractivity contribution in [3.8, 4) is 0 Å². The summed E-state index contributed by atoms with van der Waals surface area (Å²) in [6.07, 6.45) is 5.98. The molecule has 0 N–H and O–H groups in total. The van der Waals surface area contributed by atoms with Crippen LogP contribution in [0.15, 0.2) is 68.3 Å². The minimum absolute atomic E-state index is 0.0206. The van der Waals surface area contributed by atoms with Crippen molar-refractivity contribution >= 4 is 22.0 Å². The van der Waals surface area contributed by atoms with E-state index < -0.39 is 21.3 Å². The molecule has 0 bridgehead atoms. The normalized spacial score (nSPS) is 21.6. The van der Waals surface area contributed by atoms with Gasteiger partial charge in [-0.15, -0.1) is 0 Å². The van der Waals surface area contributed by atoms with Gasteiger partial charge in [-0.3, -0.25) is 0 Å². The molecule has 0 heterocycles. The number of methoxy groups -OCH3 is 2. The van der Waals surface area contributed by atoms with E-state index in [1.807, 2.05) is 0 Å². The SMILES string of the molecule is COC1(OC)C=CC(S(=O)(=O)c2ccccc2)=CC1(N=C=O)N=C=O. The van der Waals surface area contributed by atoms with E-state index in [1.165, 1.54) is 50.7 Å². The summed E-state index contributed by atoms with van der Waals surface area (Å²) in [5, 5.41) is 0. The second kappa shape index (κ2) is 7.06. The number of hydrogen-bond acceptors (Lipinski definition) is 8. The fraction of sp³-hybridized carbons (Fsp3) is 0.250. The molecule has 0 radical (unpaired) electrons. The van der Waals surface area contributed by atoms with Crippen LogP contribution >= 0.6 is 0 Å². The van der Waals surface area contributed by atoms with Gasteiger partial charge < -0.3 is 9.47 Å². The third kappa shape index (κ3) is 3.02. The standard InChI is InChI=1S/C16H14N2O6S/c1-23-16(24-2)9-8-14(10-15(16,17-11-19)18-12-20)25(21,22)13-6-4-3-5-7-13/h3-10H,1-2H3. The highest BCUT2D eigenvalue weighted by Crippen LogP contribution is 2.40. The maximum Gasteiger partial charge on any atom is 0.251 e. The minimum atomic E-state index is -3.95. The number of benzene rings is 1. The third-order valence-electron chi connectivity index (χ3n) is 3.73. The zero-order valence-corrected chi connectivity index (χ0v) is 14.2. The van der Waals surface area contributed by atoms with Crippen molar-refractivity contribution in [3.05, 3.63) is 53.5 Å². The Morgan fingerprint density at radius 3 is 2.04 bits per heavy atom. The lowest BCUT2D eigenvalue weighted by Crippen LogP contribution is -2.53. The van der Waals surface area contributed by atoms with E-state index in [2.05, 4.69) is 9.98 Å². The molecule has 0 fully saturated rings. The monoisotopic (exact) mass is 362 g/mol. The fourth-order valence-electron chi connectivity index (χ4n) is 2.47. The first-order chi connectivity index (χ1) is 11.9. The number of allylic oxidation sites excluding steroid dienone is 1. The smallest absolute Gasteiger partial charge is 0.251 e. The highest BCUT2D eigenvalue weighted by Gasteiger charge is 2.54. The van der Waals surface area contributed by atoms with Crippen molar-refractivity contribution in [2.24, 2.45) is 9.98 Å². The first-order valence-electron chi connectivity index (χ1n) is 6.92. The minimum Gasteiger partial charge on any atom is -0.346 e. The van der Waals surface area contributed by atoms with Gasteiger partial charge in [-0.2, -0.15) is 9.98 Å². The molecule has 0 amide bonds. The van der Waals surface area contributed by atoms with Gasteiger partial charge in [0, 0.05) is 14.2 Å². The molecule has 1 aromatic rings. The van der Waals surface area contributed by atoms with E-state index in [1.54, 1.807) is 18.2 Å². The van der Waals surface area contributed by atoms with Gasteiger partial charge in [0.25, 0.3) is 5.66 Å². The maximum atomic E-state index is 12.8. The zero-order valence-electron chi connectivity index (χ0n) is 13.4. The van der Waals surface area contributed by atoms with Crippen molar-refractivity contribution in [3.63, 3.8) is 0 Å². The molecule has 0 saturated heterocycles. The van der Waals surface area contributed by atoms with Crippen molar-refractivity contribution < 1.29 is 27.5 Å². The summed E-state index contributed by atoms with van der Waals surface area (Å²) in [4.78, 5) is 28.6. The number of rotatable bonds is 6. The molecule has 0 spiro atoms. The summed E-state index contributed by atoms with van der Waals surface area (Å²) in [5.74, 6) is -1.81. The van der Waals surface area contributed by atoms with Crippen LogP contribution in [-0.4, -0.2) is 46.2 Å². The summed E-state index contributed by atoms with van der Waals surface area (Å²) in [6, 6.07) is 7.62. The van der Waals surface area contributed by atoms with Gasteiger partial charge in [-0.05, 0) is 30.4 Å². The molecule has 25 heavy (non-hydrogen) atoms. The van der Waals surface area contributed by atoms with Gasteiger partial charge in [0.05, 0.1) is 9.80 Å².